The van der Waals surface area contributed by atoms with Crippen LogP contribution in [0.25, 0.3) is 0 Å². The van der Waals surface area contributed by atoms with Gasteiger partial charge in [-0.25, -0.2) is 0 Å². The first-order valence-electron chi connectivity index (χ1n) is 12.0. The van der Waals surface area contributed by atoms with Gasteiger partial charge in [-0.05, 0) is 83.5 Å². The van der Waals surface area contributed by atoms with E-state index in [1.54, 1.807) is 0 Å². The summed E-state index contributed by atoms with van der Waals surface area (Å²) in [5.41, 5.74) is 1.25. The van der Waals surface area contributed by atoms with Crippen molar-refractivity contribution in [3.8, 4) is 17.2 Å². The van der Waals surface area contributed by atoms with Crippen molar-refractivity contribution in [1.82, 2.24) is 4.23 Å². The molecule has 32 heavy (non-hydrogen) atoms. The van der Waals surface area contributed by atoms with Crippen molar-refractivity contribution in [2.24, 2.45) is 0 Å². The fourth-order valence-corrected chi connectivity index (χ4v) is 16.0. The Morgan fingerprint density at radius 1 is 0.531 bits per heavy atom. The van der Waals surface area contributed by atoms with Crippen LogP contribution >= 0.6 is 0 Å². The van der Waals surface area contributed by atoms with Crippen LogP contribution in [0.1, 0.15) is 5.56 Å². The number of hydrogen-bond donors (Lipinski definition) is 0. The van der Waals surface area contributed by atoms with E-state index in [9.17, 15) is 0 Å². The smallest absolute Gasteiger partial charge is 0.242 e. The summed E-state index contributed by atoms with van der Waals surface area (Å²) in [5, 5.41) is 0. The van der Waals surface area contributed by atoms with Crippen LogP contribution in [-0.2, 0) is 6.42 Å². The molecular weight excluding hydrogens is 479 g/mol. The molecule has 0 aliphatic carbocycles. The predicted molar refractivity (Wildman–Crippen MR) is 155 cm³/mol. The summed E-state index contributed by atoms with van der Waals surface area (Å²) < 4.78 is 22.5. The lowest BCUT2D eigenvalue weighted by atomic mass is 10.1. The van der Waals surface area contributed by atoms with Crippen molar-refractivity contribution in [3.63, 3.8) is 0 Å². The minimum atomic E-state index is -1.80. The summed E-state index contributed by atoms with van der Waals surface area (Å²) in [6.07, 6.45) is 0.976. The van der Waals surface area contributed by atoms with E-state index in [-0.39, 0.29) is 0 Å². The standard InChI is InChI=1S/C23H51NO3Si5/c1-28(2,3)24(29(4,5)6)17-16-20-18-22(26-31(10,11)12)23(27-32(13,14)15)19-21(20)25-30(7,8)9/h18-19H,16-17H2,1-15H3. The van der Waals surface area contributed by atoms with Crippen molar-refractivity contribution < 1.29 is 13.3 Å². The van der Waals surface area contributed by atoms with Gasteiger partial charge in [0.05, 0.1) is 0 Å². The summed E-state index contributed by atoms with van der Waals surface area (Å²) in [6, 6.07) is 4.37. The molecule has 4 nitrogen and oxygen atoms in total. The highest BCUT2D eigenvalue weighted by atomic mass is 28.4. The second-order valence-corrected chi connectivity index (χ2v) is 37.3. The molecule has 0 unspecified atom stereocenters. The first kappa shape index (κ1) is 29.7. The van der Waals surface area contributed by atoms with Crippen LogP contribution in [0.4, 0.5) is 0 Å². The molecule has 186 valence electrons. The molecule has 0 fully saturated rings. The van der Waals surface area contributed by atoms with E-state index >= 15 is 0 Å². The average molecular weight is 530 g/mol. The first-order valence-corrected chi connectivity index (χ1v) is 29.1. The second kappa shape index (κ2) is 10.1. The van der Waals surface area contributed by atoms with Gasteiger partial charge in [0, 0.05) is 6.07 Å². The largest absolute Gasteiger partial charge is 0.544 e. The Morgan fingerprint density at radius 3 is 1.22 bits per heavy atom. The predicted octanol–water partition coefficient (Wildman–Crippen LogP) is 7.84. The summed E-state index contributed by atoms with van der Waals surface area (Å²) >= 11 is 0. The minimum Gasteiger partial charge on any atom is -0.544 e. The van der Waals surface area contributed by atoms with E-state index in [4.69, 9.17) is 13.3 Å². The van der Waals surface area contributed by atoms with Gasteiger partial charge >= 0.3 is 0 Å². The van der Waals surface area contributed by atoms with Crippen molar-refractivity contribution in [3.05, 3.63) is 17.7 Å². The molecule has 0 aromatic heterocycles. The van der Waals surface area contributed by atoms with Gasteiger partial charge in [0.2, 0.25) is 25.0 Å². The monoisotopic (exact) mass is 529 g/mol. The van der Waals surface area contributed by atoms with E-state index in [1.807, 2.05) is 0 Å². The fraction of sp³-hybridized carbons (Fsp3) is 0.739. The van der Waals surface area contributed by atoms with E-state index in [0.29, 0.717) is 0 Å². The third kappa shape index (κ3) is 10.7. The third-order valence-electron chi connectivity index (χ3n) is 4.60. The van der Waals surface area contributed by atoms with Crippen LogP contribution < -0.4 is 13.3 Å². The van der Waals surface area contributed by atoms with E-state index in [0.717, 1.165) is 30.2 Å². The molecule has 0 heterocycles. The van der Waals surface area contributed by atoms with Crippen LogP contribution in [0.2, 0.25) is 98.2 Å². The quantitative estimate of drug-likeness (QED) is 0.273. The molecule has 1 aromatic carbocycles. The Kier molecular flexibility index (Phi) is 9.38. The Balaban J connectivity index is 3.53. The van der Waals surface area contributed by atoms with Gasteiger partial charge in [0.15, 0.2) is 0 Å². The fourth-order valence-electron chi connectivity index (χ4n) is 3.93. The van der Waals surface area contributed by atoms with Crippen molar-refractivity contribution in [2.45, 2.75) is 105 Å². The zero-order valence-electron chi connectivity index (χ0n) is 23.7. The number of benzene rings is 1. The van der Waals surface area contributed by atoms with E-state index in [2.05, 4.69) is 115 Å². The highest BCUT2D eigenvalue weighted by molar-refractivity contribution is 6.89. The number of rotatable bonds is 11. The highest BCUT2D eigenvalue weighted by Gasteiger charge is 2.34. The molecule has 0 saturated heterocycles. The molecular formula is C23H51NO3Si5. The van der Waals surface area contributed by atoms with E-state index in [1.165, 1.54) is 5.56 Å². The molecule has 0 saturated carbocycles. The topological polar surface area (TPSA) is 30.9 Å². The van der Waals surface area contributed by atoms with Gasteiger partial charge in [-0.15, -0.1) is 0 Å². The number of nitrogens with zero attached hydrogens (tertiary/aromatic N) is 1. The van der Waals surface area contributed by atoms with Gasteiger partial charge in [-0.2, -0.15) is 0 Å². The molecule has 0 amide bonds. The molecule has 0 N–H and O–H groups in total. The van der Waals surface area contributed by atoms with Gasteiger partial charge in [-0.3, -0.25) is 0 Å². The van der Waals surface area contributed by atoms with Gasteiger partial charge < -0.3 is 17.5 Å². The minimum absolute atomic E-state index is 0.857. The molecule has 1 rings (SSSR count). The van der Waals surface area contributed by atoms with Crippen LogP contribution in [0.15, 0.2) is 12.1 Å². The molecule has 0 aliphatic rings. The lowest BCUT2D eigenvalue weighted by molar-refractivity contribution is 0.477. The molecule has 0 aliphatic heterocycles. The van der Waals surface area contributed by atoms with Gasteiger partial charge in [-0.1, -0.05) is 39.3 Å². The van der Waals surface area contributed by atoms with E-state index < -0.39 is 41.4 Å². The highest BCUT2D eigenvalue weighted by Crippen LogP contribution is 2.39. The normalized spacial score (nSPS) is 14.0. The zero-order chi connectivity index (χ0) is 25.3. The summed E-state index contributed by atoms with van der Waals surface area (Å²) in [6.45, 7) is 36.0. The maximum atomic E-state index is 6.61. The molecule has 0 bridgehead atoms. The van der Waals surface area contributed by atoms with Crippen LogP contribution in [-0.4, -0.2) is 52.2 Å². The Morgan fingerprint density at radius 2 is 0.875 bits per heavy atom. The van der Waals surface area contributed by atoms with Gasteiger partial charge in [0.1, 0.15) is 33.7 Å². The summed E-state index contributed by atoms with van der Waals surface area (Å²) in [7, 11) is -8.19. The first-order chi connectivity index (χ1) is 14.0. The Labute approximate surface area is 204 Å². The summed E-state index contributed by atoms with van der Waals surface area (Å²) in [5.74, 6) is 2.75. The third-order valence-corrected chi connectivity index (χ3v) is 14.8. The van der Waals surface area contributed by atoms with Crippen LogP contribution in [0, 0.1) is 0 Å². The Bertz CT molecular complexity index is 753. The van der Waals surface area contributed by atoms with Crippen LogP contribution in [0.3, 0.4) is 0 Å². The Hall–Kier alpha value is -0.336. The SMILES string of the molecule is C[Si](C)(C)Oc1cc(O[Si](C)(C)C)c(O[Si](C)(C)C)cc1CCN([Si](C)(C)C)[Si](C)(C)C. The lowest BCUT2D eigenvalue weighted by Gasteiger charge is -2.43. The average Bonchev–Trinajstić information content (AvgIpc) is 2.43. The number of hydrogen-bond acceptors (Lipinski definition) is 4. The second-order valence-electron chi connectivity index (χ2n) is 13.8. The molecule has 0 atom stereocenters. The van der Waals surface area contributed by atoms with Crippen molar-refractivity contribution in [1.29, 1.82) is 0 Å². The maximum Gasteiger partial charge on any atom is 0.242 e. The summed E-state index contributed by atoms with van der Waals surface area (Å²) in [4.78, 5) is 0. The van der Waals surface area contributed by atoms with Crippen LogP contribution in [0.5, 0.6) is 17.2 Å². The van der Waals surface area contributed by atoms with Crippen molar-refractivity contribution in [2.75, 3.05) is 6.54 Å². The van der Waals surface area contributed by atoms with Gasteiger partial charge in [0.25, 0.3) is 0 Å². The molecule has 9 heteroatoms. The van der Waals surface area contributed by atoms with Crippen molar-refractivity contribution >= 4 is 41.4 Å². The maximum absolute atomic E-state index is 6.61. The lowest BCUT2D eigenvalue weighted by Crippen LogP contribution is -2.59. The molecule has 0 spiro atoms. The molecule has 0 radical (unpaired) electrons. The molecule has 1 aromatic rings. The zero-order valence-corrected chi connectivity index (χ0v) is 28.7.